The molecule has 1 saturated heterocycles. The number of H-pyrrole nitrogens is 1. The molecule has 138 valence electrons. The second-order valence-electron chi connectivity index (χ2n) is 6.62. The van der Waals surface area contributed by atoms with E-state index in [-0.39, 0.29) is 11.5 Å². The number of hydrogen-bond acceptors (Lipinski definition) is 5. The van der Waals surface area contributed by atoms with Gasteiger partial charge in [-0.15, -0.1) is 11.3 Å². The third-order valence-corrected chi connectivity index (χ3v) is 5.72. The highest BCUT2D eigenvalue weighted by atomic mass is 32.1. The molecule has 6 nitrogen and oxygen atoms in total. The molecule has 27 heavy (non-hydrogen) atoms. The second kappa shape index (κ2) is 7.46. The van der Waals surface area contributed by atoms with Crippen LogP contribution in [0.2, 0.25) is 0 Å². The number of carbonyl (C=O) groups excluding carboxylic acids is 1. The molecule has 0 radical (unpaired) electrons. The van der Waals surface area contributed by atoms with E-state index in [1.165, 1.54) is 28.7 Å². The van der Waals surface area contributed by atoms with Crippen molar-refractivity contribution in [1.82, 2.24) is 15.3 Å². The number of rotatable bonds is 4. The van der Waals surface area contributed by atoms with Crippen LogP contribution in [0.25, 0.3) is 11.4 Å². The summed E-state index contributed by atoms with van der Waals surface area (Å²) in [5.41, 5.74) is 1.86. The Labute approximate surface area is 160 Å². The summed E-state index contributed by atoms with van der Waals surface area (Å²) in [5, 5.41) is 6.39. The third-order valence-electron chi connectivity index (χ3n) is 4.52. The second-order valence-corrected chi connectivity index (χ2v) is 7.74. The van der Waals surface area contributed by atoms with E-state index in [9.17, 15) is 9.59 Å². The first kappa shape index (κ1) is 17.6. The SMILES string of the molecule is Cc1cc(=O)[nH]c(-c2cccc(NC(=O)c3ccc(C4CCCN4)s3)c2)n1. The van der Waals surface area contributed by atoms with Crippen LogP contribution in [0.1, 0.15) is 39.1 Å². The third kappa shape index (κ3) is 3.99. The zero-order valence-corrected chi connectivity index (χ0v) is 15.7. The van der Waals surface area contributed by atoms with Gasteiger partial charge in [0.1, 0.15) is 5.82 Å². The van der Waals surface area contributed by atoms with Crippen molar-refractivity contribution in [2.45, 2.75) is 25.8 Å². The molecule has 1 fully saturated rings. The number of benzene rings is 1. The van der Waals surface area contributed by atoms with Gasteiger partial charge in [0, 0.05) is 33.9 Å². The van der Waals surface area contributed by atoms with E-state index in [1.54, 1.807) is 6.92 Å². The minimum atomic E-state index is -0.196. The van der Waals surface area contributed by atoms with E-state index in [0.29, 0.717) is 28.1 Å². The fourth-order valence-corrected chi connectivity index (χ4v) is 4.26. The molecule has 0 spiro atoms. The van der Waals surface area contributed by atoms with Crippen LogP contribution in [-0.4, -0.2) is 22.4 Å². The predicted molar refractivity (Wildman–Crippen MR) is 107 cm³/mol. The van der Waals surface area contributed by atoms with Gasteiger partial charge in [0.2, 0.25) is 0 Å². The molecule has 1 aromatic carbocycles. The molecular formula is C20H20N4O2S. The highest BCUT2D eigenvalue weighted by molar-refractivity contribution is 7.14. The maximum atomic E-state index is 12.6. The van der Waals surface area contributed by atoms with Gasteiger partial charge in [0.05, 0.1) is 4.88 Å². The Bertz CT molecular complexity index is 1030. The van der Waals surface area contributed by atoms with E-state index in [2.05, 4.69) is 20.6 Å². The lowest BCUT2D eigenvalue weighted by molar-refractivity contribution is 0.103. The maximum Gasteiger partial charge on any atom is 0.265 e. The van der Waals surface area contributed by atoms with Crippen molar-refractivity contribution in [2.75, 3.05) is 11.9 Å². The number of aromatic amines is 1. The zero-order chi connectivity index (χ0) is 18.8. The zero-order valence-electron chi connectivity index (χ0n) is 14.9. The molecule has 0 saturated carbocycles. The Hall–Kier alpha value is -2.77. The Morgan fingerprint density at radius 2 is 2.15 bits per heavy atom. The molecule has 3 heterocycles. The van der Waals surface area contributed by atoms with Gasteiger partial charge in [-0.2, -0.15) is 0 Å². The highest BCUT2D eigenvalue weighted by Crippen LogP contribution is 2.30. The van der Waals surface area contributed by atoms with Gasteiger partial charge in [0.15, 0.2) is 0 Å². The monoisotopic (exact) mass is 380 g/mol. The number of carbonyl (C=O) groups is 1. The van der Waals surface area contributed by atoms with Gasteiger partial charge >= 0.3 is 0 Å². The number of hydrogen-bond donors (Lipinski definition) is 3. The molecule has 1 aliphatic heterocycles. The van der Waals surface area contributed by atoms with Crippen LogP contribution in [0.3, 0.4) is 0 Å². The molecule has 0 aliphatic carbocycles. The molecule has 4 rings (SSSR count). The van der Waals surface area contributed by atoms with Gasteiger partial charge in [0.25, 0.3) is 11.5 Å². The van der Waals surface area contributed by atoms with Crippen LogP contribution in [0.4, 0.5) is 5.69 Å². The molecule has 1 amide bonds. The Morgan fingerprint density at radius 1 is 1.26 bits per heavy atom. The van der Waals surface area contributed by atoms with Crippen molar-refractivity contribution in [1.29, 1.82) is 0 Å². The van der Waals surface area contributed by atoms with Gasteiger partial charge in [-0.3, -0.25) is 9.59 Å². The van der Waals surface area contributed by atoms with Crippen LogP contribution in [0, 0.1) is 6.92 Å². The normalized spacial score (nSPS) is 16.4. The summed E-state index contributed by atoms with van der Waals surface area (Å²) in [4.78, 5) is 33.3. The summed E-state index contributed by atoms with van der Waals surface area (Å²) in [5.74, 6) is 0.355. The van der Waals surface area contributed by atoms with Gasteiger partial charge in [-0.1, -0.05) is 12.1 Å². The van der Waals surface area contributed by atoms with Gasteiger partial charge < -0.3 is 15.6 Å². The smallest absolute Gasteiger partial charge is 0.265 e. The first-order valence-electron chi connectivity index (χ1n) is 8.91. The summed E-state index contributed by atoms with van der Waals surface area (Å²) in [6.45, 7) is 2.81. The van der Waals surface area contributed by atoms with Gasteiger partial charge in [-0.25, -0.2) is 4.98 Å². The van der Waals surface area contributed by atoms with Crippen molar-refractivity contribution in [2.24, 2.45) is 0 Å². The van der Waals surface area contributed by atoms with Crippen molar-refractivity contribution < 1.29 is 4.79 Å². The number of amides is 1. The number of anilines is 1. The number of aryl methyl sites for hydroxylation is 1. The van der Waals surface area contributed by atoms with Crippen molar-refractivity contribution in [3.8, 4) is 11.4 Å². The van der Waals surface area contributed by atoms with E-state index < -0.39 is 0 Å². The van der Waals surface area contributed by atoms with E-state index in [1.807, 2.05) is 36.4 Å². The molecule has 7 heteroatoms. The summed E-state index contributed by atoms with van der Waals surface area (Å²) < 4.78 is 0. The predicted octanol–water partition coefficient (Wildman–Crippen LogP) is 3.48. The largest absolute Gasteiger partial charge is 0.321 e. The Balaban J connectivity index is 1.52. The number of aromatic nitrogens is 2. The van der Waals surface area contributed by atoms with Crippen LogP contribution >= 0.6 is 11.3 Å². The van der Waals surface area contributed by atoms with Crippen molar-refractivity contribution in [3.63, 3.8) is 0 Å². The first-order chi connectivity index (χ1) is 13.1. The Morgan fingerprint density at radius 3 is 2.93 bits per heavy atom. The van der Waals surface area contributed by atoms with Crippen LogP contribution < -0.4 is 16.2 Å². The average Bonchev–Trinajstić information content (AvgIpc) is 3.33. The van der Waals surface area contributed by atoms with E-state index >= 15 is 0 Å². The lowest BCUT2D eigenvalue weighted by Crippen LogP contribution is -2.12. The van der Waals surface area contributed by atoms with E-state index in [0.717, 1.165) is 18.5 Å². The number of nitrogens with one attached hydrogen (secondary N) is 3. The number of nitrogens with zero attached hydrogens (tertiary/aromatic N) is 1. The summed E-state index contributed by atoms with van der Waals surface area (Å²) >= 11 is 1.53. The molecule has 1 aliphatic rings. The quantitative estimate of drug-likeness (QED) is 0.647. The number of thiophene rings is 1. The van der Waals surface area contributed by atoms with Gasteiger partial charge in [-0.05, 0) is 50.6 Å². The highest BCUT2D eigenvalue weighted by Gasteiger charge is 2.19. The fourth-order valence-electron chi connectivity index (χ4n) is 3.24. The standard InChI is InChI=1S/C20H20N4O2S/c1-12-10-18(25)24-19(22-12)13-4-2-5-14(11-13)23-20(26)17-8-7-16(27-17)15-6-3-9-21-15/h2,4-5,7-8,10-11,15,21H,3,6,9H2,1H3,(H,23,26)(H,22,24,25). The maximum absolute atomic E-state index is 12.6. The first-order valence-corrected chi connectivity index (χ1v) is 9.73. The lowest BCUT2D eigenvalue weighted by atomic mass is 10.2. The molecule has 3 N–H and O–H groups in total. The summed E-state index contributed by atoms with van der Waals surface area (Å²) in [7, 11) is 0. The molecule has 1 atom stereocenters. The van der Waals surface area contributed by atoms with Crippen molar-refractivity contribution >= 4 is 22.9 Å². The molecule has 3 aromatic rings. The van der Waals surface area contributed by atoms with Crippen LogP contribution in [-0.2, 0) is 0 Å². The Kier molecular flexibility index (Phi) is 4.87. The summed E-state index contributed by atoms with van der Waals surface area (Å²) in [6, 6.07) is 13.0. The van der Waals surface area contributed by atoms with E-state index in [4.69, 9.17) is 0 Å². The summed E-state index contributed by atoms with van der Waals surface area (Å²) in [6.07, 6.45) is 2.29. The molecule has 1 unspecified atom stereocenters. The molecule has 2 aromatic heterocycles. The minimum absolute atomic E-state index is 0.132. The van der Waals surface area contributed by atoms with Crippen LogP contribution in [0.15, 0.2) is 47.3 Å². The average molecular weight is 380 g/mol. The minimum Gasteiger partial charge on any atom is -0.321 e. The fraction of sp³-hybridized carbons (Fsp3) is 0.250. The molecule has 0 bridgehead atoms. The van der Waals surface area contributed by atoms with Crippen LogP contribution in [0.5, 0.6) is 0 Å². The van der Waals surface area contributed by atoms with Crippen molar-refractivity contribution in [3.05, 3.63) is 68.3 Å². The topological polar surface area (TPSA) is 86.9 Å². The molecular weight excluding hydrogens is 360 g/mol. The lowest BCUT2D eigenvalue weighted by Gasteiger charge is -2.07.